The van der Waals surface area contributed by atoms with Crippen molar-refractivity contribution in [3.63, 3.8) is 0 Å². The molecule has 0 fully saturated rings. The summed E-state index contributed by atoms with van der Waals surface area (Å²) < 4.78 is 5.72. The number of aromatic carboxylic acids is 1. The number of ether oxygens (including phenoxy) is 1. The summed E-state index contributed by atoms with van der Waals surface area (Å²) in [6.45, 7) is 0. The number of halogens is 2. The van der Waals surface area contributed by atoms with E-state index in [9.17, 15) is 19.8 Å². The average Bonchev–Trinajstić information content (AvgIpc) is 2.92. The molecule has 2 aliphatic rings. The van der Waals surface area contributed by atoms with Crippen LogP contribution < -0.4 is 123 Å². The Bertz CT molecular complexity index is 940. The van der Waals surface area contributed by atoms with Gasteiger partial charge in [-0.3, -0.25) is 0 Å². The van der Waals surface area contributed by atoms with Gasteiger partial charge >= 0.3 is 103 Å². The molecule has 0 aromatic heterocycles. The number of anilines is 1. The molecule has 2 heterocycles. The first-order chi connectivity index (χ1) is 11.9. The van der Waals surface area contributed by atoms with Crippen LogP contribution in [0.15, 0.2) is 30.3 Å². The van der Waals surface area contributed by atoms with Crippen molar-refractivity contribution >= 4 is 40.8 Å². The first-order valence-electron chi connectivity index (χ1n) is 7.35. The van der Waals surface area contributed by atoms with E-state index < -0.39 is 30.0 Å². The van der Waals surface area contributed by atoms with Crippen molar-refractivity contribution in [1.82, 2.24) is 0 Å². The molecule has 2 aromatic carbocycles. The summed E-state index contributed by atoms with van der Waals surface area (Å²) in [5, 5.41) is 26.4. The van der Waals surface area contributed by atoms with E-state index >= 15 is 0 Å². The zero-order valence-corrected chi connectivity index (χ0v) is 22.2. The summed E-state index contributed by atoms with van der Waals surface area (Å²) >= 11 is 12.4. The van der Waals surface area contributed by atoms with E-state index in [-0.39, 0.29) is 114 Å². The number of carbonyl (C=O) groups excluding carboxylic acids is 2. The Morgan fingerprint density at radius 3 is 2.44 bits per heavy atom. The van der Waals surface area contributed by atoms with E-state index in [0.29, 0.717) is 26.9 Å². The number of hydrogen-bond donors (Lipinski definition) is 1. The molecule has 6 nitrogen and oxygen atoms in total. The van der Waals surface area contributed by atoms with Crippen molar-refractivity contribution in [2.24, 2.45) is 0 Å². The molecule has 10 heteroatoms. The quantitative estimate of drug-likeness (QED) is 0.454. The van der Waals surface area contributed by atoms with E-state index in [4.69, 9.17) is 27.9 Å². The van der Waals surface area contributed by atoms with Crippen LogP contribution in [-0.2, 0) is 4.79 Å². The molecule has 0 bridgehead atoms. The summed E-state index contributed by atoms with van der Waals surface area (Å²) in [6.07, 6.45) is -0.910. The van der Waals surface area contributed by atoms with Crippen LogP contribution in [-0.4, -0.2) is 24.1 Å². The maximum Gasteiger partial charge on any atom is 1.00 e. The fourth-order valence-electron chi connectivity index (χ4n) is 3.52. The number of para-hydroxylation sites is 1. The molecular formula is C17H9Cl2K2NO5. The molecule has 2 aromatic rings. The molecule has 0 saturated heterocycles. The topological polar surface area (TPSA) is 102 Å². The fourth-order valence-corrected chi connectivity index (χ4v) is 4.13. The van der Waals surface area contributed by atoms with E-state index in [1.54, 1.807) is 24.3 Å². The van der Waals surface area contributed by atoms with Crippen molar-refractivity contribution in [2.45, 2.75) is 18.1 Å². The number of rotatable bonds is 2. The summed E-state index contributed by atoms with van der Waals surface area (Å²) in [4.78, 5) is 23.0. The molecule has 3 atom stereocenters. The first kappa shape index (κ1) is 24.1. The summed E-state index contributed by atoms with van der Waals surface area (Å²) in [7, 11) is 0. The maximum atomic E-state index is 11.6. The van der Waals surface area contributed by atoms with Crippen LogP contribution in [0, 0.1) is 0 Å². The van der Waals surface area contributed by atoms with Crippen molar-refractivity contribution in [2.75, 3.05) is 5.32 Å². The fraction of sp³-hybridized carbons (Fsp3) is 0.176. The Morgan fingerprint density at radius 1 is 1.11 bits per heavy atom. The molecule has 0 saturated carbocycles. The Labute approximate surface area is 249 Å². The van der Waals surface area contributed by atoms with E-state index in [0.717, 1.165) is 0 Å². The molecule has 0 spiro atoms. The van der Waals surface area contributed by atoms with Gasteiger partial charge in [-0.2, -0.15) is 0 Å². The van der Waals surface area contributed by atoms with Gasteiger partial charge in [0.15, 0.2) is 0 Å². The Kier molecular flexibility index (Phi) is 8.32. The summed E-state index contributed by atoms with van der Waals surface area (Å²) in [5.74, 6) is -3.27. The normalized spacial score (nSPS) is 21.2. The zero-order chi connectivity index (χ0) is 17.9. The standard InChI is InChI=1S/C17H11Cl2NO5.2K/c18-6-4-9(19)12-10(5-6)20-13(17(23)24)15-11(12)7-2-1-3-8(16(21)22)14(7)25-15;;/h1-5,11,13,15,20H,(H,21,22)(H,23,24);;/q;2*+1/p-2. The van der Waals surface area contributed by atoms with Crippen molar-refractivity contribution in [3.8, 4) is 5.75 Å². The molecular weight excluding hydrogens is 447 g/mol. The summed E-state index contributed by atoms with van der Waals surface area (Å²) in [5.41, 5.74) is 1.44. The predicted octanol–water partition coefficient (Wildman–Crippen LogP) is -5.20. The van der Waals surface area contributed by atoms with Crippen molar-refractivity contribution in [1.29, 1.82) is 0 Å². The smallest absolute Gasteiger partial charge is 0.548 e. The molecule has 0 radical (unpaired) electrons. The Morgan fingerprint density at radius 2 is 1.81 bits per heavy atom. The summed E-state index contributed by atoms with van der Waals surface area (Å²) in [6, 6.07) is 6.48. The molecule has 1 N–H and O–H groups in total. The Hall–Kier alpha value is 0.833. The van der Waals surface area contributed by atoms with Crippen molar-refractivity contribution in [3.05, 3.63) is 57.1 Å². The van der Waals surface area contributed by atoms with Gasteiger partial charge in [0, 0.05) is 32.4 Å². The van der Waals surface area contributed by atoms with Gasteiger partial charge in [-0.15, -0.1) is 0 Å². The second-order valence-corrected chi connectivity index (χ2v) is 6.71. The first-order valence-corrected chi connectivity index (χ1v) is 8.11. The number of carboxylic acids is 2. The van der Waals surface area contributed by atoms with Gasteiger partial charge < -0.3 is 29.9 Å². The van der Waals surface area contributed by atoms with Gasteiger partial charge in [-0.1, -0.05) is 35.3 Å². The zero-order valence-electron chi connectivity index (χ0n) is 14.4. The minimum Gasteiger partial charge on any atom is -0.548 e. The molecule has 4 rings (SSSR count). The van der Waals surface area contributed by atoms with Gasteiger partial charge in [-0.05, 0) is 18.2 Å². The Balaban J connectivity index is 0.00000131. The molecule has 3 unspecified atom stereocenters. The predicted molar refractivity (Wildman–Crippen MR) is 85.9 cm³/mol. The number of nitrogens with one attached hydrogen (secondary N) is 1. The SMILES string of the molecule is O=C([O-])c1cccc2c1OC1C(C(=O)[O-])Nc3cc(Cl)cc(Cl)c3C21.[K+].[K+]. The number of fused-ring (bicyclic) bond motifs is 5. The number of hydrogen-bond acceptors (Lipinski definition) is 6. The van der Waals surface area contributed by atoms with Crippen LogP contribution in [0.3, 0.4) is 0 Å². The van der Waals surface area contributed by atoms with Crippen LogP contribution in [0.4, 0.5) is 5.69 Å². The largest absolute Gasteiger partial charge is 1.00 e. The van der Waals surface area contributed by atoms with Crippen LogP contribution in [0.1, 0.15) is 27.4 Å². The minimum absolute atomic E-state index is 0. The minimum atomic E-state index is -1.41. The third-order valence-corrected chi connectivity index (χ3v) is 5.01. The van der Waals surface area contributed by atoms with Gasteiger partial charge in [0.2, 0.25) is 0 Å². The monoisotopic (exact) mass is 455 g/mol. The second kappa shape index (κ2) is 9.32. The van der Waals surface area contributed by atoms with Crippen LogP contribution in [0.2, 0.25) is 10.0 Å². The molecule has 0 aliphatic carbocycles. The number of carbonyl (C=O) groups is 2. The third kappa shape index (κ3) is 4.19. The van der Waals surface area contributed by atoms with Gasteiger partial charge in [0.05, 0.1) is 17.9 Å². The van der Waals surface area contributed by atoms with Crippen LogP contribution in [0.5, 0.6) is 5.75 Å². The molecule has 0 amide bonds. The van der Waals surface area contributed by atoms with Crippen LogP contribution in [0.25, 0.3) is 0 Å². The number of carboxylic acid groups (broad SMARTS) is 2. The second-order valence-electron chi connectivity index (χ2n) is 5.86. The van der Waals surface area contributed by atoms with Crippen molar-refractivity contribution < 1.29 is 127 Å². The van der Waals surface area contributed by atoms with Gasteiger partial charge in [0.25, 0.3) is 0 Å². The molecule has 27 heavy (non-hydrogen) atoms. The van der Waals surface area contributed by atoms with E-state index in [1.165, 1.54) is 6.07 Å². The van der Waals surface area contributed by atoms with Crippen LogP contribution >= 0.6 is 23.2 Å². The van der Waals surface area contributed by atoms with E-state index in [1.807, 2.05) is 0 Å². The third-order valence-electron chi connectivity index (χ3n) is 4.48. The van der Waals surface area contributed by atoms with E-state index in [2.05, 4.69) is 5.32 Å². The number of aliphatic carboxylic acids is 1. The van der Waals surface area contributed by atoms with Gasteiger partial charge in [0.1, 0.15) is 17.9 Å². The average molecular weight is 456 g/mol. The maximum absolute atomic E-state index is 11.6. The van der Waals surface area contributed by atoms with Gasteiger partial charge in [-0.25, -0.2) is 0 Å². The molecule has 2 aliphatic heterocycles. The number of benzene rings is 2. The molecule has 128 valence electrons.